The SMILES string of the molecule is CC(C)S(=O)(=O)C(C)N.Cl. The summed E-state index contributed by atoms with van der Waals surface area (Å²) in [5.74, 6) is 0. The van der Waals surface area contributed by atoms with Crippen molar-refractivity contribution in [2.24, 2.45) is 5.73 Å². The van der Waals surface area contributed by atoms with E-state index in [1.165, 1.54) is 6.92 Å². The Bertz CT molecular complexity index is 160. The number of sulfone groups is 1. The second-order valence-electron chi connectivity index (χ2n) is 2.34. The molecule has 0 fully saturated rings. The van der Waals surface area contributed by atoms with Gasteiger partial charge in [-0.2, -0.15) is 0 Å². The largest absolute Gasteiger partial charge is 0.315 e. The van der Waals surface area contributed by atoms with E-state index in [9.17, 15) is 8.42 Å². The zero-order chi connectivity index (χ0) is 7.65. The average Bonchev–Trinajstić information content (AvgIpc) is 1.65. The fourth-order valence-corrected chi connectivity index (χ4v) is 1.29. The molecule has 3 nitrogen and oxygen atoms in total. The minimum Gasteiger partial charge on any atom is -0.315 e. The summed E-state index contributed by atoms with van der Waals surface area (Å²) in [6.45, 7) is 4.73. The Morgan fingerprint density at radius 3 is 1.50 bits per heavy atom. The Balaban J connectivity index is 0. The van der Waals surface area contributed by atoms with Crippen LogP contribution in [0.1, 0.15) is 20.8 Å². The molecule has 1 unspecified atom stereocenters. The second-order valence-corrected chi connectivity index (χ2v) is 5.21. The molecule has 0 bridgehead atoms. The van der Waals surface area contributed by atoms with Crippen molar-refractivity contribution in [1.29, 1.82) is 0 Å². The fourth-order valence-electron chi connectivity index (χ4n) is 0.429. The molecule has 5 heteroatoms. The van der Waals surface area contributed by atoms with Crippen LogP contribution >= 0.6 is 12.4 Å². The maximum Gasteiger partial charge on any atom is 0.167 e. The summed E-state index contributed by atoms with van der Waals surface area (Å²) in [4.78, 5) is 0. The van der Waals surface area contributed by atoms with Crippen molar-refractivity contribution in [3.8, 4) is 0 Å². The molecule has 1 atom stereocenters. The van der Waals surface area contributed by atoms with Crippen LogP contribution < -0.4 is 5.73 Å². The van der Waals surface area contributed by atoms with Crippen LogP contribution in [0.25, 0.3) is 0 Å². The molecule has 64 valence electrons. The molecule has 0 aromatic heterocycles. The zero-order valence-corrected chi connectivity index (χ0v) is 8.00. The molecular weight excluding hydrogens is 174 g/mol. The smallest absolute Gasteiger partial charge is 0.167 e. The molecule has 0 heterocycles. The first-order valence-corrected chi connectivity index (χ1v) is 4.48. The van der Waals surface area contributed by atoms with Gasteiger partial charge < -0.3 is 5.73 Å². The van der Waals surface area contributed by atoms with E-state index in [4.69, 9.17) is 5.73 Å². The summed E-state index contributed by atoms with van der Waals surface area (Å²) >= 11 is 0. The zero-order valence-electron chi connectivity index (χ0n) is 6.37. The average molecular weight is 188 g/mol. The monoisotopic (exact) mass is 187 g/mol. The molecule has 0 aliphatic rings. The molecule has 0 spiro atoms. The number of hydrogen-bond donors (Lipinski definition) is 1. The van der Waals surface area contributed by atoms with Gasteiger partial charge in [-0.25, -0.2) is 8.42 Å². The molecule has 0 aliphatic heterocycles. The first-order chi connectivity index (χ1) is 3.89. The Morgan fingerprint density at radius 2 is 1.50 bits per heavy atom. The van der Waals surface area contributed by atoms with Gasteiger partial charge in [-0.1, -0.05) is 0 Å². The van der Waals surface area contributed by atoms with Crippen LogP contribution in [0.15, 0.2) is 0 Å². The molecule has 0 rings (SSSR count). The van der Waals surface area contributed by atoms with E-state index in [0.717, 1.165) is 0 Å². The number of nitrogens with two attached hydrogens (primary N) is 1. The molecule has 0 aromatic rings. The molecule has 0 saturated heterocycles. The van der Waals surface area contributed by atoms with Gasteiger partial charge in [-0.15, -0.1) is 12.4 Å². The Morgan fingerprint density at radius 1 is 1.20 bits per heavy atom. The van der Waals surface area contributed by atoms with Crippen LogP contribution in [0, 0.1) is 0 Å². The Kier molecular flexibility index (Phi) is 5.34. The lowest BCUT2D eigenvalue weighted by atomic mass is 10.6. The molecule has 0 radical (unpaired) electrons. The maximum absolute atomic E-state index is 10.9. The normalized spacial score (nSPS) is 14.5. The summed E-state index contributed by atoms with van der Waals surface area (Å²) in [7, 11) is -3.04. The van der Waals surface area contributed by atoms with Crippen molar-refractivity contribution in [1.82, 2.24) is 0 Å². The minimum atomic E-state index is -3.04. The second kappa shape index (κ2) is 4.16. The lowest BCUT2D eigenvalue weighted by Gasteiger charge is -2.09. The summed E-state index contributed by atoms with van der Waals surface area (Å²) in [6.07, 6.45) is 0. The van der Waals surface area contributed by atoms with Gasteiger partial charge in [0.05, 0.1) is 5.25 Å². The van der Waals surface area contributed by atoms with Gasteiger partial charge in [0.25, 0.3) is 0 Å². The van der Waals surface area contributed by atoms with Gasteiger partial charge in [0.1, 0.15) is 5.37 Å². The highest BCUT2D eigenvalue weighted by Gasteiger charge is 2.20. The van der Waals surface area contributed by atoms with Gasteiger partial charge in [-0.05, 0) is 20.8 Å². The predicted molar refractivity (Wildman–Crippen MR) is 45.0 cm³/mol. The van der Waals surface area contributed by atoms with E-state index in [2.05, 4.69) is 0 Å². The van der Waals surface area contributed by atoms with E-state index in [1.54, 1.807) is 13.8 Å². The topological polar surface area (TPSA) is 60.2 Å². The van der Waals surface area contributed by atoms with Crippen molar-refractivity contribution in [2.45, 2.75) is 31.4 Å². The standard InChI is InChI=1S/C5H13NO2S.ClH/c1-4(2)9(7,8)5(3)6;/h4-5H,6H2,1-3H3;1H. The van der Waals surface area contributed by atoms with Crippen LogP contribution in [0.4, 0.5) is 0 Å². The predicted octanol–water partition coefficient (Wildman–Crippen LogP) is 0.536. The van der Waals surface area contributed by atoms with Crippen molar-refractivity contribution >= 4 is 22.2 Å². The number of rotatable bonds is 2. The van der Waals surface area contributed by atoms with E-state index in [-0.39, 0.29) is 17.7 Å². The molecule has 0 amide bonds. The van der Waals surface area contributed by atoms with E-state index in [0.29, 0.717) is 0 Å². The summed E-state index contributed by atoms with van der Waals surface area (Å²) in [5.41, 5.74) is 5.18. The molecule has 2 N–H and O–H groups in total. The summed E-state index contributed by atoms with van der Waals surface area (Å²) < 4.78 is 21.8. The Hall–Kier alpha value is 0.200. The third-order valence-electron chi connectivity index (χ3n) is 1.18. The highest BCUT2D eigenvalue weighted by molar-refractivity contribution is 7.92. The Labute approximate surface area is 68.3 Å². The van der Waals surface area contributed by atoms with Gasteiger partial charge in [0, 0.05) is 0 Å². The van der Waals surface area contributed by atoms with Crippen molar-refractivity contribution < 1.29 is 8.42 Å². The third-order valence-corrected chi connectivity index (χ3v) is 3.53. The highest BCUT2D eigenvalue weighted by atomic mass is 35.5. The minimum absolute atomic E-state index is 0. The van der Waals surface area contributed by atoms with Crippen molar-refractivity contribution in [3.05, 3.63) is 0 Å². The van der Waals surface area contributed by atoms with Gasteiger partial charge >= 0.3 is 0 Å². The fraction of sp³-hybridized carbons (Fsp3) is 1.00. The van der Waals surface area contributed by atoms with Crippen LogP contribution in [0.5, 0.6) is 0 Å². The van der Waals surface area contributed by atoms with Crippen molar-refractivity contribution in [2.75, 3.05) is 0 Å². The lowest BCUT2D eigenvalue weighted by Crippen LogP contribution is -2.32. The van der Waals surface area contributed by atoms with Crippen LogP contribution in [0.3, 0.4) is 0 Å². The third kappa shape index (κ3) is 2.86. The van der Waals surface area contributed by atoms with Gasteiger partial charge in [-0.3, -0.25) is 0 Å². The first kappa shape index (κ1) is 12.8. The summed E-state index contributed by atoms with van der Waals surface area (Å²) in [5, 5.41) is -1.10. The molecule has 0 aliphatic carbocycles. The van der Waals surface area contributed by atoms with E-state index in [1.807, 2.05) is 0 Å². The number of halogens is 1. The van der Waals surface area contributed by atoms with Gasteiger partial charge in [0.2, 0.25) is 0 Å². The number of hydrogen-bond acceptors (Lipinski definition) is 3. The molecule has 10 heavy (non-hydrogen) atoms. The van der Waals surface area contributed by atoms with Crippen LogP contribution in [-0.4, -0.2) is 19.0 Å². The molecule has 0 aromatic carbocycles. The van der Waals surface area contributed by atoms with Gasteiger partial charge in [0.15, 0.2) is 9.84 Å². The van der Waals surface area contributed by atoms with Crippen LogP contribution in [-0.2, 0) is 9.84 Å². The highest BCUT2D eigenvalue weighted by Crippen LogP contribution is 2.02. The first-order valence-electron chi connectivity index (χ1n) is 2.87. The quantitative estimate of drug-likeness (QED) is 0.687. The summed E-state index contributed by atoms with van der Waals surface area (Å²) in [6, 6.07) is 0. The van der Waals surface area contributed by atoms with Crippen LogP contribution in [0.2, 0.25) is 0 Å². The maximum atomic E-state index is 10.9. The lowest BCUT2D eigenvalue weighted by molar-refractivity contribution is 0.576. The van der Waals surface area contributed by atoms with E-state index >= 15 is 0 Å². The van der Waals surface area contributed by atoms with Crippen molar-refractivity contribution in [3.63, 3.8) is 0 Å². The van der Waals surface area contributed by atoms with E-state index < -0.39 is 15.2 Å². The molecular formula is C5H14ClNO2S. The molecule has 0 saturated carbocycles.